The molecule has 0 saturated carbocycles. The van der Waals surface area contributed by atoms with Crippen LogP contribution >= 0.6 is 0 Å². The lowest BCUT2D eigenvalue weighted by Gasteiger charge is -2.26. The molecule has 0 aliphatic rings. The summed E-state index contributed by atoms with van der Waals surface area (Å²) in [6.07, 6.45) is 0. The summed E-state index contributed by atoms with van der Waals surface area (Å²) in [6, 6.07) is 61.1. The molecule has 0 aromatic heterocycles. The van der Waals surface area contributed by atoms with Crippen molar-refractivity contribution in [2.45, 2.75) is 52.4 Å². The van der Waals surface area contributed by atoms with E-state index in [2.05, 4.69) is 222 Å². The molecule has 0 fully saturated rings. The van der Waals surface area contributed by atoms with Crippen LogP contribution in [0.5, 0.6) is 0 Å². The highest BCUT2D eigenvalue weighted by molar-refractivity contribution is 5.96. The second-order valence-electron chi connectivity index (χ2n) is 15.7. The Morgan fingerprint density at radius 2 is 0.577 bits per heavy atom. The fraction of sp³-hybridized carbons (Fsp3) is 0.160. The van der Waals surface area contributed by atoms with E-state index < -0.39 is 0 Å². The van der Waals surface area contributed by atoms with Gasteiger partial charge < -0.3 is 10.6 Å². The molecule has 258 valence electrons. The van der Waals surface area contributed by atoms with Gasteiger partial charge in [-0.1, -0.05) is 169 Å². The van der Waals surface area contributed by atoms with Gasteiger partial charge in [0.15, 0.2) is 0 Å². The summed E-state index contributed by atoms with van der Waals surface area (Å²) in [7, 11) is 0. The average molecular weight is 677 g/mol. The maximum atomic E-state index is 3.92. The molecular weight excluding hydrogens is 629 g/mol. The third-order valence-corrected chi connectivity index (χ3v) is 9.75. The fourth-order valence-corrected chi connectivity index (χ4v) is 6.76. The molecular formula is C50H48N2. The van der Waals surface area contributed by atoms with Crippen LogP contribution in [0.1, 0.15) is 52.7 Å². The second-order valence-corrected chi connectivity index (χ2v) is 15.7. The van der Waals surface area contributed by atoms with Crippen molar-refractivity contribution in [1.82, 2.24) is 0 Å². The third kappa shape index (κ3) is 7.57. The van der Waals surface area contributed by atoms with E-state index in [1.54, 1.807) is 0 Å². The lowest BCUT2D eigenvalue weighted by atomic mass is 9.82. The number of anilines is 4. The molecule has 0 saturated heterocycles. The summed E-state index contributed by atoms with van der Waals surface area (Å²) in [4.78, 5) is 0. The summed E-state index contributed by atoms with van der Waals surface area (Å²) in [5, 5.41) is 7.85. The molecule has 7 aromatic rings. The number of hydrogen-bond acceptors (Lipinski definition) is 2. The fourth-order valence-electron chi connectivity index (χ4n) is 6.76. The maximum Gasteiger partial charge on any atom is 0.0543 e. The van der Waals surface area contributed by atoms with Gasteiger partial charge in [0.25, 0.3) is 0 Å². The molecule has 7 aromatic carbocycles. The zero-order valence-corrected chi connectivity index (χ0v) is 31.2. The minimum atomic E-state index is -0.0229. The topological polar surface area (TPSA) is 24.1 Å². The van der Waals surface area contributed by atoms with Crippen molar-refractivity contribution in [2.75, 3.05) is 10.6 Å². The van der Waals surface area contributed by atoms with E-state index in [1.807, 2.05) is 0 Å². The van der Waals surface area contributed by atoms with Crippen LogP contribution in [-0.4, -0.2) is 0 Å². The maximum absolute atomic E-state index is 3.92. The van der Waals surface area contributed by atoms with Gasteiger partial charge in [-0.15, -0.1) is 0 Å². The van der Waals surface area contributed by atoms with Crippen LogP contribution in [0.3, 0.4) is 0 Å². The van der Waals surface area contributed by atoms with Gasteiger partial charge in [-0.2, -0.15) is 0 Å². The molecule has 0 heterocycles. The number of rotatable bonds is 8. The van der Waals surface area contributed by atoms with Crippen molar-refractivity contribution in [1.29, 1.82) is 0 Å². The van der Waals surface area contributed by atoms with Crippen LogP contribution in [-0.2, 0) is 10.8 Å². The van der Waals surface area contributed by atoms with Crippen LogP contribution in [0.4, 0.5) is 22.7 Å². The number of hydrogen-bond donors (Lipinski definition) is 2. The Hall–Kier alpha value is -5.86. The Bertz CT molecular complexity index is 1990. The molecule has 0 unspecified atom stereocenters. The highest BCUT2D eigenvalue weighted by Gasteiger charge is 2.23. The van der Waals surface area contributed by atoms with E-state index in [-0.39, 0.29) is 10.8 Å². The molecule has 0 amide bonds. The molecule has 0 atom stereocenters. The Morgan fingerprint density at radius 1 is 0.308 bits per heavy atom. The predicted molar refractivity (Wildman–Crippen MR) is 225 cm³/mol. The molecule has 0 spiro atoms. The number of benzene rings is 7. The first kappa shape index (κ1) is 34.6. The van der Waals surface area contributed by atoms with E-state index >= 15 is 0 Å². The van der Waals surface area contributed by atoms with Gasteiger partial charge in [-0.25, -0.2) is 0 Å². The predicted octanol–water partition coefficient (Wildman–Crippen LogP) is 14.4. The monoisotopic (exact) mass is 676 g/mol. The summed E-state index contributed by atoms with van der Waals surface area (Å²) in [6.45, 7) is 13.7. The second kappa shape index (κ2) is 14.4. The molecule has 2 nitrogen and oxygen atoms in total. The van der Waals surface area contributed by atoms with Crippen molar-refractivity contribution < 1.29 is 0 Å². The average Bonchev–Trinajstić information content (AvgIpc) is 3.15. The van der Waals surface area contributed by atoms with Crippen molar-refractivity contribution in [2.24, 2.45) is 0 Å². The molecule has 0 radical (unpaired) electrons. The molecule has 7 rings (SSSR count). The lowest BCUT2D eigenvalue weighted by Crippen LogP contribution is -2.12. The molecule has 0 aliphatic carbocycles. The molecule has 2 heteroatoms. The van der Waals surface area contributed by atoms with Crippen molar-refractivity contribution in [3.05, 3.63) is 181 Å². The van der Waals surface area contributed by atoms with Gasteiger partial charge in [0.1, 0.15) is 0 Å². The van der Waals surface area contributed by atoms with Crippen LogP contribution in [0, 0.1) is 0 Å². The molecule has 0 bridgehead atoms. The van der Waals surface area contributed by atoms with Gasteiger partial charge >= 0.3 is 0 Å². The summed E-state index contributed by atoms with van der Waals surface area (Å²) >= 11 is 0. The van der Waals surface area contributed by atoms with Crippen molar-refractivity contribution in [3.8, 4) is 44.5 Å². The Morgan fingerprint density at radius 3 is 0.827 bits per heavy atom. The Balaban J connectivity index is 1.38. The van der Waals surface area contributed by atoms with E-state index in [9.17, 15) is 0 Å². The summed E-state index contributed by atoms with van der Waals surface area (Å²) < 4.78 is 0. The van der Waals surface area contributed by atoms with E-state index in [1.165, 1.54) is 55.6 Å². The highest BCUT2D eigenvalue weighted by Crippen LogP contribution is 2.45. The van der Waals surface area contributed by atoms with Crippen LogP contribution in [0.15, 0.2) is 170 Å². The zero-order valence-electron chi connectivity index (χ0n) is 31.2. The first-order valence-electron chi connectivity index (χ1n) is 18.3. The van der Waals surface area contributed by atoms with Gasteiger partial charge in [0, 0.05) is 33.6 Å². The largest absolute Gasteiger partial charge is 0.354 e. The standard InChI is InChI=1S/C50H48N2/c1-49(2,3)39-30-43(35-20-11-7-12-21-35)47(44(31-39)36-22-13-8-14-23-36)51-41-28-19-29-42(34-41)52-48-45(37-24-15-9-16-25-37)32-40(50(4,5)6)33-46(48)38-26-17-10-18-27-38/h7-34,51-52H,1-6H3. The summed E-state index contributed by atoms with van der Waals surface area (Å²) in [5.41, 5.74) is 16.2. The van der Waals surface area contributed by atoms with Crippen LogP contribution in [0.25, 0.3) is 44.5 Å². The van der Waals surface area contributed by atoms with Crippen LogP contribution < -0.4 is 10.6 Å². The van der Waals surface area contributed by atoms with Crippen LogP contribution in [0.2, 0.25) is 0 Å². The zero-order chi connectivity index (χ0) is 36.3. The van der Waals surface area contributed by atoms with E-state index in [0.29, 0.717) is 0 Å². The molecule has 2 N–H and O–H groups in total. The Labute approximate surface area is 310 Å². The highest BCUT2D eigenvalue weighted by atomic mass is 14.9. The first-order chi connectivity index (χ1) is 25.0. The van der Waals surface area contributed by atoms with Gasteiger partial charge in [-0.3, -0.25) is 0 Å². The molecule has 52 heavy (non-hydrogen) atoms. The number of nitrogens with one attached hydrogen (secondary N) is 2. The van der Waals surface area contributed by atoms with Crippen molar-refractivity contribution in [3.63, 3.8) is 0 Å². The quantitative estimate of drug-likeness (QED) is 0.167. The molecule has 0 aliphatic heterocycles. The van der Waals surface area contributed by atoms with Gasteiger partial charge in [0.2, 0.25) is 0 Å². The smallest absolute Gasteiger partial charge is 0.0543 e. The van der Waals surface area contributed by atoms with Crippen molar-refractivity contribution >= 4 is 22.7 Å². The normalized spacial score (nSPS) is 11.7. The van der Waals surface area contributed by atoms with Gasteiger partial charge in [0.05, 0.1) is 11.4 Å². The minimum absolute atomic E-state index is 0.0229. The lowest BCUT2D eigenvalue weighted by molar-refractivity contribution is 0.590. The van der Waals surface area contributed by atoms with E-state index in [0.717, 1.165) is 22.7 Å². The van der Waals surface area contributed by atoms with E-state index in [4.69, 9.17) is 0 Å². The third-order valence-electron chi connectivity index (χ3n) is 9.75. The SMILES string of the molecule is CC(C)(C)c1cc(-c2ccccc2)c(Nc2cccc(Nc3c(-c4ccccc4)cc(C(C)(C)C)cc3-c3ccccc3)c2)c(-c2ccccc2)c1. The Kier molecular flexibility index (Phi) is 9.58. The minimum Gasteiger partial charge on any atom is -0.354 e. The summed E-state index contributed by atoms with van der Waals surface area (Å²) in [5.74, 6) is 0. The first-order valence-corrected chi connectivity index (χ1v) is 18.3. The van der Waals surface area contributed by atoms with Gasteiger partial charge in [-0.05, 0) is 86.7 Å².